The van der Waals surface area contributed by atoms with Crippen molar-refractivity contribution in [1.29, 1.82) is 5.26 Å². The number of hydrogen-bond donors (Lipinski definition) is 0. The highest BCUT2D eigenvalue weighted by Gasteiger charge is 2.34. The summed E-state index contributed by atoms with van der Waals surface area (Å²) in [6.45, 7) is 5.05. The lowest BCUT2D eigenvalue weighted by molar-refractivity contribution is 1.23. The zero-order valence-corrected chi connectivity index (χ0v) is 7.91. The van der Waals surface area contributed by atoms with Crippen molar-refractivity contribution >= 4 is 5.69 Å². The van der Waals surface area contributed by atoms with E-state index < -0.39 is 0 Å². The van der Waals surface area contributed by atoms with Crippen LogP contribution >= 0.6 is 0 Å². The van der Waals surface area contributed by atoms with Gasteiger partial charge in [0.1, 0.15) is 6.04 Å². The molecule has 0 aromatic heterocycles. The molecule has 1 atom stereocenters. The van der Waals surface area contributed by atoms with Gasteiger partial charge in [0.25, 0.3) is 0 Å². The van der Waals surface area contributed by atoms with Gasteiger partial charge in [-0.3, -0.25) is 0 Å². The van der Waals surface area contributed by atoms with Crippen molar-refractivity contribution in [3.63, 3.8) is 0 Å². The van der Waals surface area contributed by atoms with Crippen LogP contribution in [0, 0.1) is 25.2 Å². The molecule has 1 saturated heterocycles. The van der Waals surface area contributed by atoms with Gasteiger partial charge in [-0.15, -0.1) is 0 Å². The highest BCUT2D eigenvalue weighted by molar-refractivity contribution is 5.62. The molecule has 0 amide bonds. The molecule has 0 aliphatic carbocycles. The van der Waals surface area contributed by atoms with Gasteiger partial charge >= 0.3 is 0 Å². The topological polar surface area (TPSA) is 26.8 Å². The van der Waals surface area contributed by atoms with Crippen LogP contribution < -0.4 is 4.90 Å². The molecular weight excluding hydrogens is 160 g/mol. The number of aryl methyl sites for hydroxylation is 2. The Balaban J connectivity index is 2.32. The van der Waals surface area contributed by atoms with Crippen LogP contribution in [0.25, 0.3) is 0 Å². The highest BCUT2D eigenvalue weighted by Crippen LogP contribution is 2.30. The van der Waals surface area contributed by atoms with Crippen molar-refractivity contribution in [2.75, 3.05) is 11.4 Å². The van der Waals surface area contributed by atoms with Crippen molar-refractivity contribution < 1.29 is 0 Å². The average Bonchev–Trinajstić information content (AvgIpc) is 2.88. The van der Waals surface area contributed by atoms with Gasteiger partial charge in [-0.25, -0.2) is 0 Å². The molecule has 1 aromatic carbocycles. The molecule has 0 saturated carbocycles. The molecule has 1 heterocycles. The van der Waals surface area contributed by atoms with Gasteiger partial charge in [-0.2, -0.15) is 5.26 Å². The summed E-state index contributed by atoms with van der Waals surface area (Å²) in [5.41, 5.74) is 3.72. The number of rotatable bonds is 1. The Labute approximate surface area is 78.4 Å². The molecule has 0 N–H and O–H groups in total. The van der Waals surface area contributed by atoms with E-state index in [9.17, 15) is 0 Å². The van der Waals surface area contributed by atoms with E-state index in [1.807, 2.05) is 0 Å². The molecule has 13 heavy (non-hydrogen) atoms. The van der Waals surface area contributed by atoms with E-state index in [2.05, 4.69) is 43.0 Å². The zero-order valence-electron chi connectivity index (χ0n) is 7.91. The summed E-state index contributed by atoms with van der Waals surface area (Å²) in [5, 5.41) is 8.71. The van der Waals surface area contributed by atoms with Gasteiger partial charge in [0, 0.05) is 5.69 Å². The number of nitrogens with zero attached hydrogens (tertiary/aromatic N) is 2. The fourth-order valence-corrected chi connectivity index (χ4v) is 1.54. The van der Waals surface area contributed by atoms with Crippen LogP contribution in [0.1, 0.15) is 11.1 Å². The number of benzene rings is 1. The van der Waals surface area contributed by atoms with Gasteiger partial charge in [0.2, 0.25) is 0 Å². The molecule has 0 spiro atoms. The minimum atomic E-state index is 0.112. The average molecular weight is 172 g/mol. The molecule has 2 heteroatoms. The summed E-state index contributed by atoms with van der Waals surface area (Å²) in [7, 11) is 0. The summed E-state index contributed by atoms with van der Waals surface area (Å²) < 4.78 is 0. The van der Waals surface area contributed by atoms with Crippen LogP contribution in [0.2, 0.25) is 0 Å². The van der Waals surface area contributed by atoms with Crippen LogP contribution in [0.15, 0.2) is 18.2 Å². The molecule has 1 aliphatic heterocycles. The second kappa shape index (κ2) is 2.77. The van der Waals surface area contributed by atoms with Crippen LogP contribution in [-0.2, 0) is 0 Å². The molecule has 1 aromatic rings. The van der Waals surface area contributed by atoms with Crippen LogP contribution in [0.4, 0.5) is 5.69 Å². The lowest BCUT2D eigenvalue weighted by Gasteiger charge is -2.07. The third kappa shape index (κ3) is 1.38. The Hall–Kier alpha value is -1.49. The normalized spacial score (nSPS) is 19.8. The van der Waals surface area contributed by atoms with Gasteiger partial charge in [-0.1, -0.05) is 12.1 Å². The van der Waals surface area contributed by atoms with E-state index in [0.29, 0.717) is 0 Å². The molecule has 2 nitrogen and oxygen atoms in total. The molecule has 1 fully saturated rings. The van der Waals surface area contributed by atoms with Crippen molar-refractivity contribution in [2.24, 2.45) is 0 Å². The van der Waals surface area contributed by atoms with Gasteiger partial charge in [0.05, 0.1) is 12.6 Å². The minimum Gasteiger partial charge on any atom is -0.351 e. The van der Waals surface area contributed by atoms with Crippen molar-refractivity contribution in [1.82, 2.24) is 0 Å². The maximum absolute atomic E-state index is 8.71. The molecule has 66 valence electrons. The number of anilines is 1. The smallest absolute Gasteiger partial charge is 0.134 e. The van der Waals surface area contributed by atoms with Crippen molar-refractivity contribution in [3.05, 3.63) is 29.3 Å². The second-order valence-electron chi connectivity index (χ2n) is 3.59. The highest BCUT2D eigenvalue weighted by atomic mass is 15.3. The van der Waals surface area contributed by atoms with E-state index in [-0.39, 0.29) is 6.04 Å². The maximum Gasteiger partial charge on any atom is 0.134 e. The third-order valence-electron chi connectivity index (χ3n) is 2.44. The molecule has 0 bridgehead atoms. The van der Waals surface area contributed by atoms with Crippen molar-refractivity contribution in [3.8, 4) is 6.07 Å². The lowest BCUT2D eigenvalue weighted by Crippen LogP contribution is -1.98. The Kier molecular flexibility index (Phi) is 1.73. The van der Waals surface area contributed by atoms with Crippen LogP contribution in [0.3, 0.4) is 0 Å². The van der Waals surface area contributed by atoms with Gasteiger partial charge in [0.15, 0.2) is 0 Å². The number of hydrogen-bond acceptors (Lipinski definition) is 2. The van der Waals surface area contributed by atoms with Crippen molar-refractivity contribution in [2.45, 2.75) is 19.9 Å². The molecular formula is C11H12N2. The first kappa shape index (κ1) is 8.12. The Bertz CT molecular complexity index is 376. The summed E-state index contributed by atoms with van der Waals surface area (Å²) in [6, 6.07) is 8.73. The summed E-state index contributed by atoms with van der Waals surface area (Å²) >= 11 is 0. The van der Waals surface area contributed by atoms with E-state index in [0.717, 1.165) is 6.54 Å². The fourth-order valence-electron chi connectivity index (χ4n) is 1.54. The minimum absolute atomic E-state index is 0.112. The van der Waals surface area contributed by atoms with Gasteiger partial charge in [-0.05, 0) is 31.0 Å². The van der Waals surface area contributed by atoms with Gasteiger partial charge < -0.3 is 4.90 Å². The zero-order chi connectivity index (χ0) is 9.42. The molecule has 1 unspecified atom stereocenters. The first-order valence-electron chi connectivity index (χ1n) is 4.46. The first-order chi connectivity index (χ1) is 6.22. The second-order valence-corrected chi connectivity index (χ2v) is 3.59. The first-order valence-corrected chi connectivity index (χ1v) is 4.46. The fraction of sp³-hybridized carbons (Fsp3) is 0.364. The Morgan fingerprint density at radius 2 is 2.23 bits per heavy atom. The van der Waals surface area contributed by atoms with E-state index in [1.54, 1.807) is 0 Å². The predicted octanol–water partition coefficient (Wildman–Crippen LogP) is 2.02. The SMILES string of the molecule is Cc1ccc(C)c(N2CC2C#N)c1. The Morgan fingerprint density at radius 1 is 1.46 bits per heavy atom. The largest absolute Gasteiger partial charge is 0.351 e. The Morgan fingerprint density at radius 3 is 2.85 bits per heavy atom. The maximum atomic E-state index is 8.71. The third-order valence-corrected chi connectivity index (χ3v) is 2.44. The molecule has 1 aliphatic rings. The number of nitriles is 1. The standard InChI is InChI=1S/C11H12N2/c1-8-3-4-9(2)11(5-8)13-7-10(13)6-12/h3-5,10H,7H2,1-2H3. The summed E-state index contributed by atoms with van der Waals surface area (Å²) in [5.74, 6) is 0. The van der Waals surface area contributed by atoms with Crippen LogP contribution in [0.5, 0.6) is 0 Å². The summed E-state index contributed by atoms with van der Waals surface area (Å²) in [6.07, 6.45) is 0. The van der Waals surface area contributed by atoms with E-state index >= 15 is 0 Å². The summed E-state index contributed by atoms with van der Waals surface area (Å²) in [4.78, 5) is 2.13. The predicted molar refractivity (Wildman–Crippen MR) is 52.7 cm³/mol. The van der Waals surface area contributed by atoms with Crippen LogP contribution in [-0.4, -0.2) is 12.6 Å². The molecule has 0 radical (unpaired) electrons. The van der Waals surface area contributed by atoms with E-state index in [1.165, 1.54) is 16.8 Å². The van der Waals surface area contributed by atoms with E-state index in [4.69, 9.17) is 5.26 Å². The molecule has 2 rings (SSSR count). The lowest BCUT2D eigenvalue weighted by atomic mass is 10.1. The quantitative estimate of drug-likeness (QED) is 0.606. The monoisotopic (exact) mass is 172 g/mol.